The van der Waals surface area contributed by atoms with Crippen molar-refractivity contribution in [3.8, 4) is 5.75 Å². The SMILES string of the molecule is COc1ccc(C2CNCCN2CCCCc2c[nH]c3ccc(C(=O)O)cc23)cc1. The first-order valence-corrected chi connectivity index (χ1v) is 10.6. The Morgan fingerprint density at radius 3 is 2.80 bits per heavy atom. The van der Waals surface area contributed by atoms with Gasteiger partial charge in [-0.1, -0.05) is 12.1 Å². The predicted octanol–water partition coefficient (Wildman–Crippen LogP) is 3.84. The molecule has 1 unspecified atom stereocenters. The summed E-state index contributed by atoms with van der Waals surface area (Å²) in [6.07, 6.45) is 5.14. The molecule has 4 rings (SSSR count). The third kappa shape index (κ3) is 4.50. The number of methoxy groups -OCH3 is 1. The zero-order valence-corrected chi connectivity index (χ0v) is 17.4. The van der Waals surface area contributed by atoms with Gasteiger partial charge in [0.25, 0.3) is 0 Å². The third-order valence-electron chi connectivity index (χ3n) is 6.01. The van der Waals surface area contributed by atoms with Gasteiger partial charge < -0.3 is 20.1 Å². The lowest BCUT2D eigenvalue weighted by atomic mass is 10.0. The van der Waals surface area contributed by atoms with Crippen LogP contribution < -0.4 is 10.1 Å². The van der Waals surface area contributed by atoms with Crippen LogP contribution in [0.5, 0.6) is 5.75 Å². The molecule has 0 radical (unpaired) electrons. The van der Waals surface area contributed by atoms with Crippen molar-refractivity contribution in [1.29, 1.82) is 0 Å². The van der Waals surface area contributed by atoms with E-state index < -0.39 is 5.97 Å². The molecule has 3 N–H and O–H groups in total. The van der Waals surface area contributed by atoms with E-state index in [1.165, 1.54) is 11.1 Å². The average molecular weight is 408 g/mol. The van der Waals surface area contributed by atoms with E-state index >= 15 is 0 Å². The predicted molar refractivity (Wildman–Crippen MR) is 118 cm³/mol. The second kappa shape index (κ2) is 9.32. The number of H-pyrrole nitrogens is 1. The summed E-state index contributed by atoms with van der Waals surface area (Å²) in [7, 11) is 1.69. The Balaban J connectivity index is 1.35. The molecule has 1 aliphatic heterocycles. The summed E-state index contributed by atoms with van der Waals surface area (Å²) in [6, 6.07) is 14.0. The van der Waals surface area contributed by atoms with E-state index in [1.54, 1.807) is 19.2 Å². The smallest absolute Gasteiger partial charge is 0.335 e. The van der Waals surface area contributed by atoms with Crippen LogP contribution in [-0.2, 0) is 6.42 Å². The van der Waals surface area contributed by atoms with Crippen LogP contribution in [0.2, 0.25) is 0 Å². The molecule has 2 heterocycles. The first kappa shape index (κ1) is 20.4. The minimum Gasteiger partial charge on any atom is -0.497 e. The van der Waals surface area contributed by atoms with Crippen LogP contribution in [0.4, 0.5) is 0 Å². The Kier molecular flexibility index (Phi) is 6.35. The maximum absolute atomic E-state index is 11.3. The fourth-order valence-corrected chi connectivity index (χ4v) is 4.32. The lowest BCUT2D eigenvalue weighted by Crippen LogP contribution is -2.46. The first-order valence-electron chi connectivity index (χ1n) is 10.6. The van der Waals surface area contributed by atoms with Crippen molar-refractivity contribution in [2.24, 2.45) is 0 Å². The lowest BCUT2D eigenvalue weighted by molar-refractivity contribution is 0.0697. The van der Waals surface area contributed by atoms with E-state index in [-0.39, 0.29) is 0 Å². The van der Waals surface area contributed by atoms with Gasteiger partial charge in [-0.2, -0.15) is 0 Å². The molecule has 0 bridgehead atoms. The van der Waals surface area contributed by atoms with Crippen LogP contribution in [0.3, 0.4) is 0 Å². The normalized spacial score (nSPS) is 17.3. The number of aromatic nitrogens is 1. The second-order valence-corrected chi connectivity index (χ2v) is 7.87. The Morgan fingerprint density at radius 1 is 1.20 bits per heavy atom. The van der Waals surface area contributed by atoms with Crippen molar-refractivity contribution < 1.29 is 14.6 Å². The van der Waals surface area contributed by atoms with Gasteiger partial charge in [-0.25, -0.2) is 4.79 Å². The summed E-state index contributed by atoms with van der Waals surface area (Å²) in [6.45, 7) is 4.09. The van der Waals surface area contributed by atoms with Gasteiger partial charge in [-0.15, -0.1) is 0 Å². The minimum absolute atomic E-state index is 0.339. The van der Waals surface area contributed by atoms with E-state index in [2.05, 4.69) is 27.3 Å². The number of aryl methyl sites for hydroxylation is 1. The highest BCUT2D eigenvalue weighted by atomic mass is 16.5. The largest absolute Gasteiger partial charge is 0.497 e. The van der Waals surface area contributed by atoms with E-state index in [0.717, 1.165) is 62.1 Å². The van der Waals surface area contributed by atoms with Gasteiger partial charge in [0.15, 0.2) is 0 Å². The fraction of sp³-hybridized carbons (Fsp3) is 0.375. The summed E-state index contributed by atoms with van der Waals surface area (Å²) < 4.78 is 5.28. The number of carboxylic acids is 1. The van der Waals surface area contributed by atoms with Gasteiger partial charge in [-0.3, -0.25) is 4.90 Å². The highest BCUT2D eigenvalue weighted by molar-refractivity contribution is 5.94. The van der Waals surface area contributed by atoms with Gasteiger partial charge in [0, 0.05) is 42.8 Å². The molecule has 1 fully saturated rings. The zero-order valence-electron chi connectivity index (χ0n) is 17.4. The highest BCUT2D eigenvalue weighted by Gasteiger charge is 2.23. The maximum atomic E-state index is 11.3. The minimum atomic E-state index is -0.882. The number of nitrogens with one attached hydrogen (secondary N) is 2. The van der Waals surface area contributed by atoms with E-state index in [9.17, 15) is 9.90 Å². The molecule has 1 aromatic heterocycles. The number of carbonyl (C=O) groups is 1. The lowest BCUT2D eigenvalue weighted by Gasteiger charge is -2.36. The maximum Gasteiger partial charge on any atom is 0.335 e. The molecule has 6 nitrogen and oxygen atoms in total. The number of aromatic carboxylic acids is 1. The third-order valence-corrected chi connectivity index (χ3v) is 6.01. The molecule has 1 aliphatic rings. The average Bonchev–Trinajstić information content (AvgIpc) is 3.19. The van der Waals surface area contributed by atoms with Gasteiger partial charge in [-0.05, 0) is 67.3 Å². The van der Waals surface area contributed by atoms with Crippen LogP contribution in [0.1, 0.15) is 40.4 Å². The molecule has 0 spiro atoms. The van der Waals surface area contributed by atoms with E-state index in [4.69, 9.17) is 4.74 Å². The van der Waals surface area contributed by atoms with Crippen molar-refractivity contribution in [1.82, 2.24) is 15.2 Å². The Labute approximate surface area is 176 Å². The molecule has 0 saturated carbocycles. The van der Waals surface area contributed by atoms with Crippen molar-refractivity contribution in [2.75, 3.05) is 33.3 Å². The molecule has 0 amide bonds. The van der Waals surface area contributed by atoms with Gasteiger partial charge >= 0.3 is 5.97 Å². The van der Waals surface area contributed by atoms with Gasteiger partial charge in [0.05, 0.1) is 12.7 Å². The standard InChI is InChI=1S/C24H29N3O3/c1-30-20-8-5-17(6-9-20)23-16-25-11-13-27(23)12-3-2-4-19-15-26-22-10-7-18(24(28)29)14-21(19)22/h5-10,14-15,23,25-26H,2-4,11-13,16H2,1H3,(H,28,29). The highest BCUT2D eigenvalue weighted by Crippen LogP contribution is 2.26. The van der Waals surface area contributed by atoms with Crippen LogP contribution in [-0.4, -0.2) is 54.2 Å². The van der Waals surface area contributed by atoms with Crippen molar-refractivity contribution >= 4 is 16.9 Å². The topological polar surface area (TPSA) is 77.6 Å². The number of hydrogen-bond donors (Lipinski definition) is 3. The number of nitrogens with zero attached hydrogens (tertiary/aromatic N) is 1. The summed E-state index contributed by atoms with van der Waals surface area (Å²) in [4.78, 5) is 17.1. The van der Waals surface area contributed by atoms with E-state index in [1.807, 2.05) is 24.4 Å². The Morgan fingerprint density at radius 2 is 2.03 bits per heavy atom. The molecule has 6 heteroatoms. The number of rotatable bonds is 8. The number of ether oxygens (including phenoxy) is 1. The number of fused-ring (bicyclic) bond motifs is 1. The number of carboxylic acid groups (broad SMARTS) is 1. The Bertz CT molecular complexity index is 997. The van der Waals surface area contributed by atoms with Gasteiger partial charge in [0.2, 0.25) is 0 Å². The Hall–Kier alpha value is -2.83. The monoisotopic (exact) mass is 407 g/mol. The molecule has 3 aromatic rings. The molecule has 1 atom stereocenters. The van der Waals surface area contributed by atoms with Crippen LogP contribution in [0, 0.1) is 0 Å². The fourth-order valence-electron chi connectivity index (χ4n) is 4.32. The number of unbranched alkanes of at least 4 members (excludes halogenated alkanes) is 1. The molecule has 0 aliphatic carbocycles. The van der Waals surface area contributed by atoms with Crippen LogP contribution in [0.25, 0.3) is 10.9 Å². The number of aromatic amines is 1. The number of piperazine rings is 1. The van der Waals surface area contributed by atoms with Crippen molar-refractivity contribution in [3.05, 3.63) is 65.4 Å². The second-order valence-electron chi connectivity index (χ2n) is 7.87. The zero-order chi connectivity index (χ0) is 20.9. The summed E-state index contributed by atoms with van der Waals surface area (Å²) in [5.41, 5.74) is 3.85. The van der Waals surface area contributed by atoms with Gasteiger partial charge in [0.1, 0.15) is 5.75 Å². The first-order chi connectivity index (χ1) is 14.7. The van der Waals surface area contributed by atoms with Crippen molar-refractivity contribution in [2.45, 2.75) is 25.3 Å². The van der Waals surface area contributed by atoms with Crippen LogP contribution in [0.15, 0.2) is 48.7 Å². The van der Waals surface area contributed by atoms with Crippen LogP contribution >= 0.6 is 0 Å². The summed E-state index contributed by atoms with van der Waals surface area (Å²) in [5.74, 6) is 0.00573. The molecule has 2 aromatic carbocycles. The molecule has 158 valence electrons. The quantitative estimate of drug-likeness (QED) is 0.495. The molecular formula is C24H29N3O3. The summed E-state index contributed by atoms with van der Waals surface area (Å²) in [5, 5.41) is 13.8. The van der Waals surface area contributed by atoms with Crippen molar-refractivity contribution in [3.63, 3.8) is 0 Å². The van der Waals surface area contributed by atoms with E-state index in [0.29, 0.717) is 11.6 Å². The number of hydrogen-bond acceptors (Lipinski definition) is 4. The molecule has 30 heavy (non-hydrogen) atoms. The molecular weight excluding hydrogens is 378 g/mol. The number of benzene rings is 2. The molecule has 1 saturated heterocycles. The summed E-state index contributed by atoms with van der Waals surface area (Å²) >= 11 is 0.